The Kier molecular flexibility index (Phi) is 6.94. The molecule has 1 aromatic heterocycles. The standard InChI is InChI=1S/C19H25N5O3S/c1-27-10-8-16(25)21-15-12-24(18(26)11-17-22-23-19(20)28-17)9-7-14(15)13-5-3-2-4-6-13/h2-6,14-15H,7-12H2,1H3,(H2,20,23)(H,21,25)/t14-,15-/m0/s1. The van der Waals surface area contributed by atoms with Gasteiger partial charge in [0.05, 0.1) is 19.1 Å². The van der Waals surface area contributed by atoms with E-state index in [4.69, 9.17) is 10.5 Å². The average Bonchev–Trinajstić information content (AvgIpc) is 3.11. The molecule has 0 bridgehead atoms. The van der Waals surface area contributed by atoms with E-state index in [2.05, 4.69) is 27.6 Å². The van der Waals surface area contributed by atoms with Crippen LogP contribution >= 0.6 is 11.3 Å². The molecule has 3 rings (SSSR count). The Bertz CT molecular complexity index is 798. The number of benzene rings is 1. The zero-order chi connectivity index (χ0) is 19.9. The second-order valence-electron chi connectivity index (χ2n) is 6.77. The highest BCUT2D eigenvalue weighted by Crippen LogP contribution is 2.29. The first-order valence-electron chi connectivity index (χ1n) is 9.25. The molecule has 2 atom stereocenters. The molecule has 150 valence electrons. The van der Waals surface area contributed by atoms with Gasteiger partial charge in [0.15, 0.2) is 0 Å². The van der Waals surface area contributed by atoms with E-state index in [1.807, 2.05) is 18.2 Å². The number of nitrogen functional groups attached to an aromatic ring is 1. The highest BCUT2D eigenvalue weighted by Gasteiger charge is 2.33. The molecule has 0 radical (unpaired) electrons. The van der Waals surface area contributed by atoms with Crippen molar-refractivity contribution in [1.82, 2.24) is 20.4 Å². The number of ether oxygens (including phenoxy) is 1. The van der Waals surface area contributed by atoms with Gasteiger partial charge in [0.25, 0.3) is 0 Å². The monoisotopic (exact) mass is 403 g/mol. The van der Waals surface area contributed by atoms with Crippen molar-refractivity contribution in [2.45, 2.75) is 31.2 Å². The molecule has 28 heavy (non-hydrogen) atoms. The van der Waals surface area contributed by atoms with Crippen molar-refractivity contribution in [3.8, 4) is 0 Å². The first kappa shape index (κ1) is 20.2. The largest absolute Gasteiger partial charge is 0.384 e. The second-order valence-corrected chi connectivity index (χ2v) is 7.87. The number of piperidine rings is 1. The van der Waals surface area contributed by atoms with E-state index in [0.29, 0.717) is 36.3 Å². The summed E-state index contributed by atoms with van der Waals surface area (Å²) in [5.74, 6) is 0.0618. The minimum atomic E-state index is -0.149. The molecule has 3 N–H and O–H groups in total. The summed E-state index contributed by atoms with van der Waals surface area (Å²) in [5.41, 5.74) is 6.76. The lowest BCUT2D eigenvalue weighted by Gasteiger charge is -2.39. The van der Waals surface area contributed by atoms with Gasteiger partial charge >= 0.3 is 0 Å². The molecule has 0 spiro atoms. The van der Waals surface area contributed by atoms with Crippen molar-refractivity contribution in [3.63, 3.8) is 0 Å². The molecular formula is C19H25N5O3S. The second kappa shape index (κ2) is 9.61. The number of likely N-dealkylation sites (tertiary alicyclic amines) is 1. The zero-order valence-corrected chi connectivity index (χ0v) is 16.7. The Morgan fingerprint density at radius 2 is 2.11 bits per heavy atom. The third-order valence-electron chi connectivity index (χ3n) is 4.86. The van der Waals surface area contributed by atoms with E-state index in [9.17, 15) is 9.59 Å². The number of nitrogens with two attached hydrogens (primary N) is 1. The first-order chi connectivity index (χ1) is 13.6. The van der Waals surface area contributed by atoms with Crippen LogP contribution in [0.2, 0.25) is 0 Å². The molecule has 8 nitrogen and oxygen atoms in total. The maximum absolute atomic E-state index is 12.7. The van der Waals surface area contributed by atoms with Crippen LogP contribution < -0.4 is 11.1 Å². The number of nitrogens with one attached hydrogen (secondary N) is 1. The molecule has 0 unspecified atom stereocenters. The van der Waals surface area contributed by atoms with Gasteiger partial charge in [-0.05, 0) is 12.0 Å². The molecular weight excluding hydrogens is 378 g/mol. The molecule has 2 heterocycles. The number of amides is 2. The van der Waals surface area contributed by atoms with Crippen molar-refractivity contribution >= 4 is 28.3 Å². The number of rotatable bonds is 7. The third kappa shape index (κ3) is 5.26. The molecule has 0 aliphatic carbocycles. The molecule has 2 aromatic rings. The number of hydrogen-bond acceptors (Lipinski definition) is 7. The lowest BCUT2D eigenvalue weighted by Crippen LogP contribution is -2.53. The molecule has 1 aromatic carbocycles. The van der Waals surface area contributed by atoms with Crippen LogP contribution in [0.25, 0.3) is 0 Å². The summed E-state index contributed by atoms with van der Waals surface area (Å²) in [5, 5.41) is 11.7. The maximum atomic E-state index is 12.7. The number of methoxy groups -OCH3 is 1. The van der Waals surface area contributed by atoms with Gasteiger partial charge in [-0.1, -0.05) is 41.7 Å². The maximum Gasteiger partial charge on any atom is 0.229 e. The normalized spacial score (nSPS) is 19.4. The lowest BCUT2D eigenvalue weighted by molar-refractivity contribution is -0.133. The third-order valence-corrected chi connectivity index (χ3v) is 5.61. The van der Waals surface area contributed by atoms with Crippen LogP contribution in [0.4, 0.5) is 5.13 Å². The highest BCUT2D eigenvalue weighted by atomic mass is 32.1. The Hall–Kier alpha value is -2.52. The van der Waals surface area contributed by atoms with Gasteiger partial charge in [0.2, 0.25) is 16.9 Å². The number of nitrogens with zero attached hydrogens (tertiary/aromatic N) is 3. The van der Waals surface area contributed by atoms with Crippen molar-refractivity contribution in [2.75, 3.05) is 32.5 Å². The number of carbonyl (C=O) groups excluding carboxylic acids is 2. The van der Waals surface area contributed by atoms with Crippen LogP contribution in [0.3, 0.4) is 0 Å². The summed E-state index contributed by atoms with van der Waals surface area (Å²) < 4.78 is 4.99. The van der Waals surface area contributed by atoms with Gasteiger partial charge in [-0.25, -0.2) is 0 Å². The topological polar surface area (TPSA) is 110 Å². The molecule has 1 fully saturated rings. The van der Waals surface area contributed by atoms with E-state index in [-0.39, 0.29) is 30.2 Å². The SMILES string of the molecule is COCCC(=O)N[C@H]1CN(C(=O)Cc2nnc(N)s2)CC[C@H]1c1ccccc1. The van der Waals surface area contributed by atoms with Crippen molar-refractivity contribution in [1.29, 1.82) is 0 Å². The molecule has 0 saturated carbocycles. The van der Waals surface area contributed by atoms with E-state index < -0.39 is 0 Å². The summed E-state index contributed by atoms with van der Waals surface area (Å²) in [4.78, 5) is 26.8. The minimum Gasteiger partial charge on any atom is -0.384 e. The predicted octanol–water partition coefficient (Wildman–Crippen LogP) is 1.20. The van der Waals surface area contributed by atoms with Crippen molar-refractivity contribution < 1.29 is 14.3 Å². The summed E-state index contributed by atoms with van der Waals surface area (Å²) in [6.07, 6.45) is 1.25. The van der Waals surface area contributed by atoms with Crippen LogP contribution in [0.1, 0.15) is 29.3 Å². The quantitative estimate of drug-likeness (QED) is 0.719. The Morgan fingerprint density at radius 1 is 1.32 bits per heavy atom. The summed E-state index contributed by atoms with van der Waals surface area (Å²) in [6, 6.07) is 9.96. The van der Waals surface area contributed by atoms with E-state index in [1.165, 1.54) is 16.9 Å². The van der Waals surface area contributed by atoms with Crippen LogP contribution in [0.15, 0.2) is 30.3 Å². The summed E-state index contributed by atoms with van der Waals surface area (Å²) in [6.45, 7) is 1.47. The van der Waals surface area contributed by atoms with Gasteiger partial charge in [0.1, 0.15) is 5.01 Å². The van der Waals surface area contributed by atoms with E-state index in [1.54, 1.807) is 12.0 Å². The number of anilines is 1. The Labute approximate surface area is 168 Å². The fraction of sp³-hybridized carbons (Fsp3) is 0.474. The average molecular weight is 404 g/mol. The number of aromatic nitrogens is 2. The van der Waals surface area contributed by atoms with Gasteiger partial charge in [-0.15, -0.1) is 10.2 Å². The van der Waals surface area contributed by atoms with Gasteiger partial charge < -0.3 is 20.7 Å². The van der Waals surface area contributed by atoms with Crippen LogP contribution in [-0.2, 0) is 20.7 Å². The molecule has 1 saturated heterocycles. The Balaban J connectivity index is 1.69. The fourth-order valence-corrected chi connectivity index (χ4v) is 4.08. The molecule has 1 aliphatic heterocycles. The van der Waals surface area contributed by atoms with Gasteiger partial charge in [-0.3, -0.25) is 9.59 Å². The first-order valence-corrected chi connectivity index (χ1v) is 10.1. The van der Waals surface area contributed by atoms with Crippen LogP contribution in [-0.4, -0.2) is 59.8 Å². The highest BCUT2D eigenvalue weighted by molar-refractivity contribution is 7.15. The zero-order valence-electron chi connectivity index (χ0n) is 15.8. The van der Waals surface area contributed by atoms with Crippen LogP contribution in [0, 0.1) is 0 Å². The van der Waals surface area contributed by atoms with Crippen molar-refractivity contribution in [2.24, 2.45) is 0 Å². The van der Waals surface area contributed by atoms with E-state index >= 15 is 0 Å². The predicted molar refractivity (Wildman–Crippen MR) is 107 cm³/mol. The minimum absolute atomic E-state index is 0.0289. The fourth-order valence-electron chi connectivity index (χ4n) is 3.48. The van der Waals surface area contributed by atoms with E-state index in [0.717, 1.165) is 6.42 Å². The molecule has 2 amide bonds. The lowest BCUT2D eigenvalue weighted by atomic mass is 9.85. The molecule has 1 aliphatic rings. The number of carbonyl (C=O) groups is 2. The van der Waals surface area contributed by atoms with Gasteiger partial charge in [-0.2, -0.15) is 0 Å². The molecule has 9 heteroatoms. The summed E-state index contributed by atoms with van der Waals surface area (Å²) in [7, 11) is 1.57. The van der Waals surface area contributed by atoms with Crippen LogP contribution in [0.5, 0.6) is 0 Å². The van der Waals surface area contributed by atoms with Gasteiger partial charge in [0, 0.05) is 32.5 Å². The Morgan fingerprint density at radius 3 is 2.79 bits per heavy atom. The summed E-state index contributed by atoms with van der Waals surface area (Å²) >= 11 is 1.22. The smallest absolute Gasteiger partial charge is 0.229 e. The number of hydrogen-bond donors (Lipinski definition) is 2. The van der Waals surface area contributed by atoms with Crippen molar-refractivity contribution in [3.05, 3.63) is 40.9 Å².